The maximum atomic E-state index is 11.9. The summed E-state index contributed by atoms with van der Waals surface area (Å²) < 4.78 is 2.01. The number of nitrogens with zero attached hydrogens (tertiary/aromatic N) is 3. The van der Waals surface area contributed by atoms with Gasteiger partial charge in [0.2, 0.25) is 5.91 Å². The van der Waals surface area contributed by atoms with E-state index in [0.717, 1.165) is 37.4 Å². The van der Waals surface area contributed by atoms with Gasteiger partial charge in [0.05, 0.1) is 35.7 Å². The average molecular weight is 342 g/mol. The zero-order valence-corrected chi connectivity index (χ0v) is 14.1. The highest BCUT2D eigenvalue weighted by Gasteiger charge is 2.12. The van der Waals surface area contributed by atoms with E-state index in [1.807, 2.05) is 17.1 Å². The topological polar surface area (TPSA) is 71.8 Å². The van der Waals surface area contributed by atoms with Crippen LogP contribution in [0.2, 0.25) is 0 Å². The van der Waals surface area contributed by atoms with Gasteiger partial charge in [0, 0.05) is 24.4 Å². The molecule has 3 heterocycles. The van der Waals surface area contributed by atoms with Crippen molar-refractivity contribution in [2.45, 2.75) is 39.4 Å². The van der Waals surface area contributed by atoms with Crippen LogP contribution in [0.15, 0.2) is 11.6 Å². The average Bonchev–Trinajstić information content (AvgIpc) is 3.08. The fourth-order valence-corrected chi connectivity index (χ4v) is 3.19. The van der Waals surface area contributed by atoms with Gasteiger partial charge in [0.15, 0.2) is 0 Å². The molecule has 1 aliphatic rings. The molecule has 1 amide bonds. The lowest BCUT2D eigenvalue weighted by Crippen LogP contribution is -2.28. The van der Waals surface area contributed by atoms with E-state index in [1.54, 1.807) is 11.3 Å². The Hall–Kier alpha value is -1.44. The molecule has 2 N–H and O–H groups in total. The number of fused-ring (bicyclic) bond motifs is 1. The van der Waals surface area contributed by atoms with E-state index in [1.165, 1.54) is 10.6 Å². The number of aryl methyl sites for hydroxylation is 2. The van der Waals surface area contributed by atoms with Gasteiger partial charge >= 0.3 is 0 Å². The molecule has 1 aliphatic heterocycles. The quantitative estimate of drug-likeness (QED) is 0.862. The molecule has 6 nitrogen and oxygen atoms in total. The number of halogens is 1. The van der Waals surface area contributed by atoms with Gasteiger partial charge in [-0.2, -0.15) is 5.10 Å². The maximum Gasteiger partial charge on any atom is 0.220 e. The largest absolute Gasteiger partial charge is 0.350 e. The van der Waals surface area contributed by atoms with E-state index < -0.39 is 0 Å². The van der Waals surface area contributed by atoms with Crippen molar-refractivity contribution in [3.63, 3.8) is 0 Å². The third kappa shape index (κ3) is 4.06. The first-order valence-corrected chi connectivity index (χ1v) is 8.02. The molecule has 0 radical (unpaired) electrons. The summed E-state index contributed by atoms with van der Waals surface area (Å²) in [7, 11) is 0. The van der Waals surface area contributed by atoms with Crippen LogP contribution in [-0.2, 0) is 30.8 Å². The highest BCUT2D eigenvalue weighted by Crippen LogP contribution is 2.14. The van der Waals surface area contributed by atoms with Gasteiger partial charge in [0.1, 0.15) is 0 Å². The summed E-state index contributed by atoms with van der Waals surface area (Å²) in [6.07, 6.45) is 1.25. The van der Waals surface area contributed by atoms with Crippen molar-refractivity contribution in [3.8, 4) is 0 Å². The molecule has 2 aromatic heterocycles. The number of carbonyl (C=O) groups is 1. The Morgan fingerprint density at radius 1 is 1.55 bits per heavy atom. The number of hydrogen-bond acceptors (Lipinski definition) is 5. The summed E-state index contributed by atoms with van der Waals surface area (Å²) in [5.74, 6) is 0.0619. The van der Waals surface area contributed by atoms with Crippen molar-refractivity contribution in [1.82, 2.24) is 25.4 Å². The number of carbonyl (C=O) groups excluding carboxylic acids is 1. The third-order valence-electron chi connectivity index (χ3n) is 3.61. The van der Waals surface area contributed by atoms with Crippen molar-refractivity contribution in [3.05, 3.63) is 33.5 Å². The van der Waals surface area contributed by atoms with Crippen LogP contribution >= 0.6 is 23.7 Å². The summed E-state index contributed by atoms with van der Waals surface area (Å²) in [4.78, 5) is 17.3. The number of nitrogens with one attached hydrogen (secondary N) is 2. The molecule has 8 heteroatoms. The second-order valence-electron chi connectivity index (χ2n) is 5.16. The van der Waals surface area contributed by atoms with E-state index in [-0.39, 0.29) is 18.3 Å². The first kappa shape index (κ1) is 16.9. The molecule has 2 aromatic rings. The first-order chi connectivity index (χ1) is 10.2. The zero-order valence-electron chi connectivity index (χ0n) is 12.5. The predicted octanol–water partition coefficient (Wildman–Crippen LogP) is 1.42. The minimum Gasteiger partial charge on any atom is -0.350 e. The van der Waals surface area contributed by atoms with Crippen LogP contribution in [0.3, 0.4) is 0 Å². The van der Waals surface area contributed by atoms with Crippen LogP contribution < -0.4 is 10.6 Å². The monoisotopic (exact) mass is 341 g/mol. The third-order valence-corrected chi connectivity index (χ3v) is 4.61. The summed E-state index contributed by atoms with van der Waals surface area (Å²) in [6.45, 7) is 5.18. The van der Waals surface area contributed by atoms with E-state index in [4.69, 9.17) is 0 Å². The summed E-state index contributed by atoms with van der Waals surface area (Å²) in [6, 6.07) is 2.06. The fourth-order valence-electron chi connectivity index (χ4n) is 2.41. The molecule has 0 atom stereocenters. The smallest absolute Gasteiger partial charge is 0.220 e. The molecular formula is C14H20ClN5OS. The molecule has 0 fully saturated rings. The molecule has 120 valence electrons. The predicted molar refractivity (Wildman–Crippen MR) is 88.2 cm³/mol. The zero-order chi connectivity index (χ0) is 14.7. The van der Waals surface area contributed by atoms with Crippen LogP contribution in [0.4, 0.5) is 0 Å². The van der Waals surface area contributed by atoms with Gasteiger partial charge in [-0.15, -0.1) is 23.7 Å². The fraction of sp³-hybridized carbons (Fsp3) is 0.500. The molecule has 0 saturated heterocycles. The lowest BCUT2D eigenvalue weighted by molar-refractivity contribution is -0.121. The maximum absolute atomic E-state index is 11.9. The molecule has 0 unspecified atom stereocenters. The van der Waals surface area contributed by atoms with Gasteiger partial charge in [0.25, 0.3) is 0 Å². The van der Waals surface area contributed by atoms with Crippen LogP contribution in [-0.4, -0.2) is 27.2 Å². The standard InChI is InChI=1S/C14H19N5OS.ClH/c1-10-13(21-9-17-10)2-3-14(20)16-7-11-6-12-8-15-4-5-19(12)18-11;/h6,9,15H,2-5,7-8H2,1H3,(H,16,20);1H. The Bertz CT molecular complexity index is 615. The van der Waals surface area contributed by atoms with Crippen LogP contribution in [0.25, 0.3) is 0 Å². The molecule has 22 heavy (non-hydrogen) atoms. The molecular weight excluding hydrogens is 322 g/mol. The number of rotatable bonds is 5. The Morgan fingerprint density at radius 3 is 3.14 bits per heavy atom. The van der Waals surface area contributed by atoms with E-state index in [0.29, 0.717) is 13.0 Å². The molecule has 0 aromatic carbocycles. The number of aromatic nitrogens is 3. The lowest BCUT2D eigenvalue weighted by Gasteiger charge is -2.13. The van der Waals surface area contributed by atoms with E-state index >= 15 is 0 Å². The Kier molecular flexibility index (Phi) is 5.93. The molecule has 0 saturated carbocycles. The van der Waals surface area contributed by atoms with Crippen LogP contribution in [0.1, 0.15) is 28.4 Å². The van der Waals surface area contributed by atoms with E-state index in [9.17, 15) is 4.79 Å². The number of hydrogen-bond donors (Lipinski definition) is 2. The minimum atomic E-state index is 0. The van der Waals surface area contributed by atoms with Crippen molar-refractivity contribution in [1.29, 1.82) is 0 Å². The Labute approximate surface area is 139 Å². The van der Waals surface area contributed by atoms with Crippen molar-refractivity contribution in [2.24, 2.45) is 0 Å². The molecule has 3 rings (SSSR count). The van der Waals surface area contributed by atoms with Gasteiger partial charge in [-0.1, -0.05) is 0 Å². The van der Waals surface area contributed by atoms with Gasteiger partial charge in [-0.05, 0) is 19.4 Å². The highest BCUT2D eigenvalue weighted by atomic mass is 35.5. The second kappa shape index (κ2) is 7.71. The van der Waals surface area contributed by atoms with Crippen LogP contribution in [0, 0.1) is 6.92 Å². The minimum absolute atomic E-state index is 0. The Morgan fingerprint density at radius 2 is 2.41 bits per heavy atom. The number of amides is 1. The second-order valence-corrected chi connectivity index (χ2v) is 6.10. The van der Waals surface area contributed by atoms with Gasteiger partial charge < -0.3 is 10.6 Å². The first-order valence-electron chi connectivity index (χ1n) is 7.14. The van der Waals surface area contributed by atoms with Crippen molar-refractivity contribution >= 4 is 29.7 Å². The summed E-state index contributed by atoms with van der Waals surface area (Å²) in [5.41, 5.74) is 4.97. The summed E-state index contributed by atoms with van der Waals surface area (Å²) >= 11 is 1.61. The summed E-state index contributed by atoms with van der Waals surface area (Å²) in [5, 5.41) is 10.7. The SMILES string of the molecule is Cc1ncsc1CCC(=O)NCc1cc2n(n1)CCNC2.Cl. The highest BCUT2D eigenvalue weighted by molar-refractivity contribution is 7.09. The van der Waals surface area contributed by atoms with Gasteiger partial charge in [-0.25, -0.2) is 4.98 Å². The van der Waals surface area contributed by atoms with Crippen molar-refractivity contribution in [2.75, 3.05) is 6.54 Å². The molecule has 0 spiro atoms. The van der Waals surface area contributed by atoms with Crippen LogP contribution in [0.5, 0.6) is 0 Å². The Balaban J connectivity index is 0.00000176. The lowest BCUT2D eigenvalue weighted by atomic mass is 10.2. The molecule has 0 aliphatic carbocycles. The van der Waals surface area contributed by atoms with Gasteiger partial charge in [-0.3, -0.25) is 9.48 Å². The molecule has 0 bridgehead atoms. The number of thiazole rings is 1. The van der Waals surface area contributed by atoms with E-state index in [2.05, 4.69) is 26.8 Å². The normalized spacial score (nSPS) is 13.3. The van der Waals surface area contributed by atoms with Crippen molar-refractivity contribution < 1.29 is 4.79 Å².